The van der Waals surface area contributed by atoms with Crippen LogP contribution in [0.15, 0.2) is 18.2 Å². The molecule has 0 bridgehead atoms. The fourth-order valence-electron chi connectivity index (χ4n) is 1.93. The Morgan fingerprint density at radius 2 is 1.88 bits per heavy atom. The fourth-order valence-corrected chi connectivity index (χ4v) is 1.93. The zero-order valence-electron chi connectivity index (χ0n) is 11.4. The van der Waals surface area contributed by atoms with E-state index in [9.17, 15) is 4.39 Å². The molecule has 0 fully saturated rings. The highest BCUT2D eigenvalue weighted by atomic mass is 19.1. The van der Waals surface area contributed by atoms with Crippen LogP contribution in [0.25, 0.3) is 0 Å². The van der Waals surface area contributed by atoms with Gasteiger partial charge in [0.1, 0.15) is 5.82 Å². The minimum absolute atomic E-state index is 0.112. The molecule has 2 heteroatoms. The highest BCUT2D eigenvalue weighted by Gasteiger charge is 2.05. The van der Waals surface area contributed by atoms with Crippen LogP contribution in [0.5, 0.6) is 0 Å². The summed E-state index contributed by atoms with van der Waals surface area (Å²) in [7, 11) is 0. The van der Waals surface area contributed by atoms with Gasteiger partial charge in [-0.25, -0.2) is 4.39 Å². The summed E-state index contributed by atoms with van der Waals surface area (Å²) in [6.45, 7) is 10.6. The molecule has 1 N–H and O–H groups in total. The molecule has 0 saturated carbocycles. The quantitative estimate of drug-likeness (QED) is 0.797. The van der Waals surface area contributed by atoms with Crippen molar-refractivity contribution in [1.82, 2.24) is 5.32 Å². The van der Waals surface area contributed by atoms with Crippen LogP contribution in [-0.4, -0.2) is 13.1 Å². The van der Waals surface area contributed by atoms with Gasteiger partial charge in [0, 0.05) is 0 Å². The van der Waals surface area contributed by atoms with E-state index in [-0.39, 0.29) is 5.82 Å². The van der Waals surface area contributed by atoms with Gasteiger partial charge in [0.25, 0.3) is 0 Å². The van der Waals surface area contributed by atoms with Gasteiger partial charge in [0.2, 0.25) is 0 Å². The van der Waals surface area contributed by atoms with Crippen molar-refractivity contribution in [3.63, 3.8) is 0 Å². The summed E-state index contributed by atoms with van der Waals surface area (Å²) < 4.78 is 13.1. The van der Waals surface area contributed by atoms with Gasteiger partial charge in [-0.05, 0) is 55.5 Å². The number of hydrogen-bond donors (Lipinski definition) is 1. The van der Waals surface area contributed by atoms with Crippen molar-refractivity contribution in [3.8, 4) is 0 Å². The third kappa shape index (κ3) is 5.31. The lowest BCUT2D eigenvalue weighted by molar-refractivity contribution is 0.473. The molecular formula is C15H24FN. The standard InChI is InChI=1S/C15H24FN/c1-11(2)9-17-10-12(3)7-14-5-6-15(16)13(4)8-14/h5-6,8,11-12,17H,7,9-10H2,1-4H3. The monoisotopic (exact) mass is 237 g/mol. The number of benzene rings is 1. The molecule has 0 aliphatic carbocycles. The normalized spacial score (nSPS) is 13.1. The largest absolute Gasteiger partial charge is 0.316 e. The maximum Gasteiger partial charge on any atom is 0.126 e. The number of rotatable bonds is 6. The van der Waals surface area contributed by atoms with E-state index in [0.29, 0.717) is 11.8 Å². The molecule has 0 heterocycles. The Labute approximate surface area is 104 Å². The third-order valence-electron chi connectivity index (χ3n) is 2.85. The van der Waals surface area contributed by atoms with Gasteiger partial charge in [0.15, 0.2) is 0 Å². The number of hydrogen-bond acceptors (Lipinski definition) is 1. The fraction of sp³-hybridized carbons (Fsp3) is 0.600. The highest BCUT2D eigenvalue weighted by molar-refractivity contribution is 5.24. The summed E-state index contributed by atoms with van der Waals surface area (Å²) in [4.78, 5) is 0. The van der Waals surface area contributed by atoms with Gasteiger partial charge in [-0.3, -0.25) is 0 Å². The first kappa shape index (κ1) is 14.2. The average Bonchev–Trinajstić information content (AvgIpc) is 2.23. The van der Waals surface area contributed by atoms with E-state index in [0.717, 1.165) is 25.1 Å². The van der Waals surface area contributed by atoms with Crippen LogP contribution < -0.4 is 5.32 Å². The molecule has 0 aliphatic rings. The predicted molar refractivity (Wildman–Crippen MR) is 71.7 cm³/mol. The molecule has 1 rings (SSSR count). The SMILES string of the molecule is Cc1cc(CC(C)CNCC(C)C)ccc1F. The van der Waals surface area contributed by atoms with Crippen molar-refractivity contribution in [2.75, 3.05) is 13.1 Å². The van der Waals surface area contributed by atoms with E-state index in [2.05, 4.69) is 26.1 Å². The van der Waals surface area contributed by atoms with Crippen LogP contribution in [0.1, 0.15) is 31.9 Å². The summed E-state index contributed by atoms with van der Waals surface area (Å²) >= 11 is 0. The Hall–Kier alpha value is -0.890. The van der Waals surface area contributed by atoms with Crippen molar-refractivity contribution in [1.29, 1.82) is 0 Å². The zero-order valence-corrected chi connectivity index (χ0v) is 11.4. The molecule has 0 aromatic heterocycles. The predicted octanol–water partition coefficient (Wildman–Crippen LogP) is 3.56. The van der Waals surface area contributed by atoms with E-state index in [1.807, 2.05) is 19.1 Å². The molecule has 1 aromatic rings. The summed E-state index contributed by atoms with van der Waals surface area (Å²) in [5.74, 6) is 1.16. The lowest BCUT2D eigenvalue weighted by atomic mass is 9.99. The molecule has 1 aromatic carbocycles. The van der Waals surface area contributed by atoms with E-state index in [4.69, 9.17) is 0 Å². The smallest absolute Gasteiger partial charge is 0.126 e. The Morgan fingerprint density at radius 3 is 2.47 bits per heavy atom. The van der Waals surface area contributed by atoms with E-state index < -0.39 is 0 Å². The van der Waals surface area contributed by atoms with Crippen LogP contribution in [-0.2, 0) is 6.42 Å². The topological polar surface area (TPSA) is 12.0 Å². The molecule has 1 unspecified atom stereocenters. The minimum atomic E-state index is -0.112. The second-order valence-electron chi connectivity index (χ2n) is 5.44. The van der Waals surface area contributed by atoms with Crippen LogP contribution in [0.3, 0.4) is 0 Å². The minimum Gasteiger partial charge on any atom is -0.316 e. The third-order valence-corrected chi connectivity index (χ3v) is 2.85. The maximum atomic E-state index is 13.1. The van der Waals surface area contributed by atoms with Crippen molar-refractivity contribution in [3.05, 3.63) is 35.1 Å². The first-order valence-electron chi connectivity index (χ1n) is 6.44. The van der Waals surface area contributed by atoms with Gasteiger partial charge in [0.05, 0.1) is 0 Å². The zero-order chi connectivity index (χ0) is 12.8. The summed E-state index contributed by atoms with van der Waals surface area (Å²) in [5, 5.41) is 3.46. The Kier molecular flexibility index (Phi) is 5.63. The van der Waals surface area contributed by atoms with Crippen LogP contribution in [0.4, 0.5) is 4.39 Å². The highest BCUT2D eigenvalue weighted by Crippen LogP contribution is 2.13. The lowest BCUT2D eigenvalue weighted by Gasteiger charge is -2.14. The summed E-state index contributed by atoms with van der Waals surface area (Å²) in [6.07, 6.45) is 1.01. The molecule has 0 radical (unpaired) electrons. The van der Waals surface area contributed by atoms with Gasteiger partial charge in [-0.2, -0.15) is 0 Å². The van der Waals surface area contributed by atoms with Crippen molar-refractivity contribution >= 4 is 0 Å². The summed E-state index contributed by atoms with van der Waals surface area (Å²) in [5.41, 5.74) is 1.97. The van der Waals surface area contributed by atoms with Crippen molar-refractivity contribution in [2.45, 2.75) is 34.1 Å². The van der Waals surface area contributed by atoms with Gasteiger partial charge < -0.3 is 5.32 Å². The molecule has 1 atom stereocenters. The lowest BCUT2D eigenvalue weighted by Crippen LogP contribution is -2.26. The van der Waals surface area contributed by atoms with Crippen molar-refractivity contribution < 1.29 is 4.39 Å². The van der Waals surface area contributed by atoms with Crippen molar-refractivity contribution in [2.24, 2.45) is 11.8 Å². The second kappa shape index (κ2) is 6.75. The molecule has 17 heavy (non-hydrogen) atoms. The Bertz CT molecular complexity index is 347. The first-order valence-corrected chi connectivity index (χ1v) is 6.44. The van der Waals surface area contributed by atoms with E-state index >= 15 is 0 Å². The van der Waals surface area contributed by atoms with Crippen LogP contribution in [0.2, 0.25) is 0 Å². The van der Waals surface area contributed by atoms with Gasteiger partial charge in [-0.1, -0.05) is 32.9 Å². The molecule has 0 aliphatic heterocycles. The van der Waals surface area contributed by atoms with Crippen LogP contribution >= 0.6 is 0 Å². The summed E-state index contributed by atoms with van der Waals surface area (Å²) in [6, 6.07) is 5.41. The number of aryl methyl sites for hydroxylation is 1. The van der Waals surface area contributed by atoms with Crippen LogP contribution in [0, 0.1) is 24.6 Å². The van der Waals surface area contributed by atoms with Gasteiger partial charge >= 0.3 is 0 Å². The molecule has 0 amide bonds. The molecule has 96 valence electrons. The molecule has 0 saturated heterocycles. The Morgan fingerprint density at radius 1 is 1.18 bits per heavy atom. The molecule has 1 nitrogen and oxygen atoms in total. The first-order chi connectivity index (χ1) is 7.99. The Balaban J connectivity index is 2.39. The number of nitrogens with one attached hydrogen (secondary N) is 1. The molecular weight excluding hydrogens is 213 g/mol. The van der Waals surface area contributed by atoms with E-state index in [1.54, 1.807) is 6.07 Å². The second-order valence-corrected chi connectivity index (χ2v) is 5.44. The average molecular weight is 237 g/mol. The molecule has 0 spiro atoms. The maximum absolute atomic E-state index is 13.1. The van der Waals surface area contributed by atoms with E-state index in [1.165, 1.54) is 5.56 Å². The van der Waals surface area contributed by atoms with Gasteiger partial charge in [-0.15, -0.1) is 0 Å². The number of halogens is 1.